The van der Waals surface area contributed by atoms with Gasteiger partial charge in [0.25, 0.3) is 5.56 Å². The van der Waals surface area contributed by atoms with E-state index in [1.54, 1.807) is 26.4 Å². The number of hydrogen-bond donors (Lipinski definition) is 1. The van der Waals surface area contributed by atoms with Crippen LogP contribution < -0.4 is 20.3 Å². The van der Waals surface area contributed by atoms with Gasteiger partial charge in [-0.15, -0.1) is 5.10 Å². The number of rotatable bonds is 9. The molecule has 0 saturated heterocycles. The molecule has 1 unspecified atom stereocenters. The lowest BCUT2D eigenvalue weighted by Gasteiger charge is -2.11. The van der Waals surface area contributed by atoms with Crippen molar-refractivity contribution in [3.63, 3.8) is 0 Å². The Bertz CT molecular complexity index is 1110. The number of pyridine rings is 1. The Morgan fingerprint density at radius 3 is 2.71 bits per heavy atom. The van der Waals surface area contributed by atoms with Crippen LogP contribution in [0, 0.1) is 5.92 Å². The Balaban J connectivity index is 1.37. The first-order chi connectivity index (χ1) is 15.0. The molecule has 1 fully saturated rings. The molecular weight excluding hydrogens is 396 g/mol. The monoisotopic (exact) mass is 424 g/mol. The van der Waals surface area contributed by atoms with Crippen LogP contribution in [0.25, 0.3) is 0 Å². The van der Waals surface area contributed by atoms with E-state index in [2.05, 4.69) is 27.4 Å². The lowest BCUT2D eigenvalue weighted by molar-refractivity contribution is 0.278. The fourth-order valence-electron chi connectivity index (χ4n) is 3.59. The van der Waals surface area contributed by atoms with Gasteiger partial charge in [-0.05, 0) is 31.0 Å². The number of hydrogen-bond acceptors (Lipinski definition) is 7. The van der Waals surface area contributed by atoms with Crippen molar-refractivity contribution in [2.45, 2.75) is 32.2 Å². The topological polar surface area (TPSA) is 96.1 Å². The van der Waals surface area contributed by atoms with Crippen LogP contribution in [0.3, 0.4) is 0 Å². The fourth-order valence-corrected chi connectivity index (χ4v) is 3.59. The van der Waals surface area contributed by atoms with Gasteiger partial charge in [0.1, 0.15) is 11.4 Å². The van der Waals surface area contributed by atoms with Gasteiger partial charge in [-0.25, -0.2) is 4.68 Å². The smallest absolute Gasteiger partial charge is 0.290 e. The lowest BCUT2D eigenvalue weighted by Crippen LogP contribution is -2.24. The molecule has 9 heteroatoms. The molecule has 1 saturated carbocycles. The molecule has 0 aromatic carbocycles. The quantitative estimate of drug-likeness (QED) is 0.563. The van der Waals surface area contributed by atoms with Crippen LogP contribution in [0.15, 0.2) is 35.3 Å². The van der Waals surface area contributed by atoms with E-state index in [-0.39, 0.29) is 5.56 Å². The molecular formula is C22H28N6O3. The van der Waals surface area contributed by atoms with Gasteiger partial charge in [0.15, 0.2) is 0 Å². The number of aromatic nitrogens is 5. The lowest BCUT2D eigenvalue weighted by atomic mass is 10.2. The van der Waals surface area contributed by atoms with E-state index in [0.717, 1.165) is 35.7 Å². The highest BCUT2D eigenvalue weighted by Gasteiger charge is 2.40. The highest BCUT2D eigenvalue weighted by atomic mass is 16.5. The molecule has 4 rings (SSSR count). The molecule has 0 amide bonds. The molecule has 3 aromatic rings. The van der Waals surface area contributed by atoms with E-state index in [4.69, 9.17) is 9.47 Å². The maximum absolute atomic E-state index is 12.5. The van der Waals surface area contributed by atoms with E-state index in [0.29, 0.717) is 36.6 Å². The molecule has 1 aliphatic rings. The first-order valence-electron chi connectivity index (χ1n) is 10.4. The highest BCUT2D eigenvalue weighted by Crippen LogP contribution is 2.46. The first-order valence-corrected chi connectivity index (χ1v) is 10.4. The summed E-state index contributed by atoms with van der Waals surface area (Å²) < 4.78 is 14.2. The maximum Gasteiger partial charge on any atom is 0.290 e. The number of methoxy groups -OCH3 is 1. The number of nitrogens with one attached hydrogen (secondary N) is 1. The SMILES string of the molecule is CCc1cc(CNc2cc(OCC3C[C@H]3c3ccc(OC)cn3)nn(C)c2=O)n(C)n1. The van der Waals surface area contributed by atoms with Crippen molar-refractivity contribution in [1.82, 2.24) is 24.5 Å². The van der Waals surface area contributed by atoms with Gasteiger partial charge in [-0.2, -0.15) is 5.10 Å². The summed E-state index contributed by atoms with van der Waals surface area (Å²) in [5.41, 5.74) is 3.34. The van der Waals surface area contributed by atoms with Crippen molar-refractivity contribution in [2.75, 3.05) is 19.0 Å². The number of anilines is 1. The second-order valence-corrected chi connectivity index (χ2v) is 7.82. The number of ether oxygens (including phenoxy) is 2. The van der Waals surface area contributed by atoms with E-state index in [1.807, 2.05) is 29.9 Å². The van der Waals surface area contributed by atoms with Crippen LogP contribution in [-0.2, 0) is 27.1 Å². The second-order valence-electron chi connectivity index (χ2n) is 7.82. The van der Waals surface area contributed by atoms with E-state index in [1.165, 1.54) is 4.68 Å². The molecule has 164 valence electrons. The summed E-state index contributed by atoms with van der Waals surface area (Å²) in [7, 11) is 5.16. The van der Waals surface area contributed by atoms with Gasteiger partial charge in [0.2, 0.25) is 5.88 Å². The molecule has 31 heavy (non-hydrogen) atoms. The number of nitrogens with zero attached hydrogens (tertiary/aromatic N) is 5. The van der Waals surface area contributed by atoms with Crippen LogP contribution in [0.1, 0.15) is 36.3 Å². The van der Waals surface area contributed by atoms with Crippen LogP contribution in [0.5, 0.6) is 11.6 Å². The van der Waals surface area contributed by atoms with Crippen molar-refractivity contribution < 1.29 is 9.47 Å². The van der Waals surface area contributed by atoms with Gasteiger partial charge in [0.05, 0.1) is 37.8 Å². The van der Waals surface area contributed by atoms with Crippen LogP contribution >= 0.6 is 0 Å². The normalized spacial score (nSPS) is 17.4. The molecule has 3 aromatic heterocycles. The summed E-state index contributed by atoms with van der Waals surface area (Å²) in [6.45, 7) is 3.09. The molecule has 0 bridgehead atoms. The van der Waals surface area contributed by atoms with Crippen molar-refractivity contribution in [2.24, 2.45) is 20.0 Å². The summed E-state index contributed by atoms with van der Waals surface area (Å²) in [6.07, 6.45) is 3.64. The van der Waals surface area contributed by atoms with Crippen LogP contribution in [-0.4, -0.2) is 38.3 Å². The van der Waals surface area contributed by atoms with Crippen LogP contribution in [0.4, 0.5) is 5.69 Å². The number of aryl methyl sites for hydroxylation is 3. The molecule has 0 spiro atoms. The first kappa shape index (κ1) is 20.9. The average Bonchev–Trinajstić information content (AvgIpc) is 3.47. The van der Waals surface area contributed by atoms with E-state index in [9.17, 15) is 4.79 Å². The third-order valence-corrected chi connectivity index (χ3v) is 5.63. The largest absolute Gasteiger partial charge is 0.495 e. The zero-order valence-electron chi connectivity index (χ0n) is 18.3. The summed E-state index contributed by atoms with van der Waals surface area (Å²) in [4.78, 5) is 16.9. The van der Waals surface area contributed by atoms with Gasteiger partial charge in [-0.1, -0.05) is 6.92 Å². The Hall–Kier alpha value is -3.36. The van der Waals surface area contributed by atoms with Crippen LogP contribution in [0.2, 0.25) is 0 Å². The van der Waals surface area contributed by atoms with Gasteiger partial charge in [0, 0.05) is 37.7 Å². The molecule has 2 atom stereocenters. The van der Waals surface area contributed by atoms with E-state index < -0.39 is 0 Å². The zero-order valence-corrected chi connectivity index (χ0v) is 18.3. The molecule has 1 N–H and O–H groups in total. The van der Waals surface area contributed by atoms with Crippen molar-refractivity contribution in [3.8, 4) is 11.6 Å². The minimum absolute atomic E-state index is 0.197. The van der Waals surface area contributed by atoms with Crippen molar-refractivity contribution in [3.05, 3.63) is 57.9 Å². The standard InChI is InChI=1S/C22H28N6O3/c1-5-15-9-16(27(2)25-15)11-23-20-10-21(26-28(3)22(20)29)31-13-14-8-18(14)19-7-6-17(30-4)12-24-19/h6-7,9-10,12,14,18,23H,5,8,11,13H2,1-4H3/t14?,18-/m1/s1. The van der Waals surface area contributed by atoms with E-state index >= 15 is 0 Å². The molecule has 1 aliphatic carbocycles. The minimum atomic E-state index is -0.197. The molecule has 0 radical (unpaired) electrons. The van der Waals surface area contributed by atoms with Crippen molar-refractivity contribution >= 4 is 5.69 Å². The fraction of sp³-hybridized carbons (Fsp3) is 0.455. The Morgan fingerprint density at radius 1 is 1.19 bits per heavy atom. The summed E-state index contributed by atoms with van der Waals surface area (Å²) in [5, 5.41) is 11.9. The molecule has 3 heterocycles. The second kappa shape index (κ2) is 8.79. The summed E-state index contributed by atoms with van der Waals surface area (Å²) in [5.74, 6) is 1.95. The van der Waals surface area contributed by atoms with Crippen molar-refractivity contribution in [1.29, 1.82) is 0 Å². The molecule has 0 aliphatic heterocycles. The Kier molecular flexibility index (Phi) is 5.92. The Labute approximate surface area is 181 Å². The van der Waals surface area contributed by atoms with Gasteiger partial charge in [-0.3, -0.25) is 14.5 Å². The van der Waals surface area contributed by atoms with Gasteiger partial charge >= 0.3 is 0 Å². The summed E-state index contributed by atoms with van der Waals surface area (Å²) >= 11 is 0. The highest BCUT2D eigenvalue weighted by molar-refractivity contribution is 5.43. The predicted molar refractivity (Wildman–Crippen MR) is 117 cm³/mol. The average molecular weight is 425 g/mol. The Morgan fingerprint density at radius 2 is 2.03 bits per heavy atom. The summed E-state index contributed by atoms with van der Waals surface area (Å²) in [6, 6.07) is 7.63. The van der Waals surface area contributed by atoms with Gasteiger partial charge < -0.3 is 14.8 Å². The third kappa shape index (κ3) is 4.70. The zero-order chi connectivity index (χ0) is 22.0. The minimum Gasteiger partial charge on any atom is -0.495 e. The third-order valence-electron chi connectivity index (χ3n) is 5.63. The molecule has 9 nitrogen and oxygen atoms in total. The maximum atomic E-state index is 12.5. The predicted octanol–water partition coefficient (Wildman–Crippen LogP) is 2.27.